The molecule has 1 heterocycles. The number of carbonyl (C=O) groups excluding carboxylic acids is 1. The van der Waals surface area contributed by atoms with Gasteiger partial charge >= 0.3 is 0 Å². The molecule has 1 aromatic rings. The second kappa shape index (κ2) is 5.45. The number of nitrogens with one attached hydrogen (secondary N) is 1. The monoisotopic (exact) mass is 250 g/mol. The summed E-state index contributed by atoms with van der Waals surface area (Å²) in [7, 11) is 0. The predicted molar refractivity (Wildman–Crippen MR) is 70.9 cm³/mol. The Balaban J connectivity index is 2.00. The molecular weight excluding hydrogens is 232 g/mol. The van der Waals surface area contributed by atoms with Crippen LogP contribution in [0.1, 0.15) is 36.9 Å². The van der Waals surface area contributed by atoms with Crippen LogP contribution in [0, 0.1) is 12.8 Å². The van der Waals surface area contributed by atoms with E-state index in [4.69, 9.17) is 0 Å². The highest BCUT2D eigenvalue weighted by Crippen LogP contribution is 2.30. The molecule has 0 aromatic carbocycles. The highest BCUT2D eigenvalue weighted by Gasteiger charge is 2.22. The van der Waals surface area contributed by atoms with Crippen LogP contribution in [0.5, 0.6) is 0 Å². The van der Waals surface area contributed by atoms with E-state index in [1.54, 1.807) is 11.3 Å². The van der Waals surface area contributed by atoms with Crippen LogP contribution >= 0.6 is 11.3 Å². The number of hydrogen-bond acceptors (Lipinski definition) is 3. The van der Waals surface area contributed by atoms with Crippen molar-refractivity contribution in [3.8, 4) is 0 Å². The van der Waals surface area contributed by atoms with E-state index >= 15 is 0 Å². The van der Waals surface area contributed by atoms with Gasteiger partial charge in [0, 0.05) is 17.8 Å². The normalized spacial score (nSPS) is 19.9. The third-order valence-corrected chi connectivity index (χ3v) is 3.85. The number of carbonyl (C=O) groups is 1. The Bertz CT molecular complexity index is 436. The Labute approximate surface area is 106 Å². The van der Waals surface area contributed by atoms with Gasteiger partial charge in [-0.2, -0.15) is 0 Å². The van der Waals surface area contributed by atoms with Crippen LogP contribution in [0.25, 0.3) is 5.57 Å². The largest absolute Gasteiger partial charge is 0.356 e. The number of aromatic nitrogens is 1. The van der Waals surface area contributed by atoms with E-state index in [1.165, 1.54) is 5.57 Å². The second-order valence-corrected chi connectivity index (χ2v) is 5.41. The van der Waals surface area contributed by atoms with Crippen molar-refractivity contribution in [3.05, 3.63) is 22.2 Å². The first-order valence-corrected chi connectivity index (χ1v) is 6.98. The zero-order chi connectivity index (χ0) is 12.3. The minimum atomic E-state index is 0.151. The Morgan fingerprint density at radius 3 is 3.00 bits per heavy atom. The molecule has 2 rings (SSSR count). The van der Waals surface area contributed by atoms with E-state index in [2.05, 4.69) is 21.8 Å². The maximum Gasteiger partial charge on any atom is 0.223 e. The zero-order valence-electron chi connectivity index (χ0n) is 10.3. The third-order valence-electron chi connectivity index (χ3n) is 3.08. The lowest BCUT2D eigenvalue weighted by atomic mass is 9.88. The fourth-order valence-electron chi connectivity index (χ4n) is 2.13. The Kier molecular flexibility index (Phi) is 3.94. The van der Waals surface area contributed by atoms with Crippen molar-refractivity contribution in [3.63, 3.8) is 0 Å². The van der Waals surface area contributed by atoms with Gasteiger partial charge in [0.2, 0.25) is 5.91 Å². The molecule has 1 amide bonds. The average molecular weight is 250 g/mol. The number of thiazole rings is 1. The minimum absolute atomic E-state index is 0.151. The van der Waals surface area contributed by atoms with Crippen LogP contribution in [0.15, 0.2) is 11.5 Å². The van der Waals surface area contributed by atoms with Gasteiger partial charge in [-0.05, 0) is 38.7 Å². The molecule has 1 aliphatic carbocycles. The summed E-state index contributed by atoms with van der Waals surface area (Å²) in [5.41, 5.74) is 2.40. The zero-order valence-corrected chi connectivity index (χ0v) is 11.1. The van der Waals surface area contributed by atoms with Crippen molar-refractivity contribution in [2.75, 3.05) is 6.54 Å². The van der Waals surface area contributed by atoms with Gasteiger partial charge in [0.15, 0.2) is 0 Å². The molecule has 3 nitrogen and oxygen atoms in total. The van der Waals surface area contributed by atoms with Gasteiger partial charge in [-0.15, -0.1) is 11.3 Å². The first-order valence-electron chi connectivity index (χ1n) is 6.10. The van der Waals surface area contributed by atoms with Crippen molar-refractivity contribution < 1.29 is 4.79 Å². The summed E-state index contributed by atoms with van der Waals surface area (Å²) >= 11 is 1.68. The van der Waals surface area contributed by atoms with Gasteiger partial charge in [0.1, 0.15) is 0 Å². The molecule has 1 atom stereocenters. The van der Waals surface area contributed by atoms with E-state index in [-0.39, 0.29) is 11.8 Å². The van der Waals surface area contributed by atoms with E-state index in [0.29, 0.717) is 0 Å². The smallest absolute Gasteiger partial charge is 0.223 e. The van der Waals surface area contributed by atoms with E-state index in [0.717, 1.165) is 36.5 Å². The first kappa shape index (κ1) is 12.3. The summed E-state index contributed by atoms with van der Waals surface area (Å²) in [6.45, 7) is 4.70. The summed E-state index contributed by atoms with van der Waals surface area (Å²) < 4.78 is 0. The molecule has 17 heavy (non-hydrogen) atoms. The molecule has 1 unspecified atom stereocenters. The van der Waals surface area contributed by atoms with Crippen molar-refractivity contribution in [2.24, 2.45) is 5.92 Å². The van der Waals surface area contributed by atoms with Crippen LogP contribution in [0.2, 0.25) is 0 Å². The molecule has 1 aliphatic rings. The second-order valence-electron chi connectivity index (χ2n) is 4.35. The molecule has 92 valence electrons. The number of aryl methyl sites for hydroxylation is 1. The van der Waals surface area contributed by atoms with Crippen LogP contribution in [0.4, 0.5) is 0 Å². The molecule has 0 fully saturated rings. The van der Waals surface area contributed by atoms with Gasteiger partial charge in [-0.25, -0.2) is 4.98 Å². The Morgan fingerprint density at radius 2 is 2.47 bits per heavy atom. The molecule has 0 saturated carbocycles. The van der Waals surface area contributed by atoms with Crippen molar-refractivity contribution in [1.29, 1.82) is 0 Å². The molecule has 4 heteroatoms. The van der Waals surface area contributed by atoms with E-state index in [1.807, 2.05) is 13.8 Å². The maximum absolute atomic E-state index is 11.7. The van der Waals surface area contributed by atoms with Gasteiger partial charge < -0.3 is 5.32 Å². The molecule has 0 aliphatic heterocycles. The van der Waals surface area contributed by atoms with Crippen LogP contribution in [-0.4, -0.2) is 17.4 Å². The van der Waals surface area contributed by atoms with E-state index in [9.17, 15) is 4.79 Å². The molecular formula is C13H18N2OS. The van der Waals surface area contributed by atoms with Crippen molar-refractivity contribution >= 4 is 22.8 Å². The van der Waals surface area contributed by atoms with Gasteiger partial charge in [-0.1, -0.05) is 6.08 Å². The summed E-state index contributed by atoms with van der Waals surface area (Å²) in [6.07, 6.45) is 4.93. The number of amides is 1. The Hall–Kier alpha value is -1.16. The summed E-state index contributed by atoms with van der Waals surface area (Å²) in [4.78, 5) is 16.2. The molecule has 1 N–H and O–H groups in total. The van der Waals surface area contributed by atoms with Crippen molar-refractivity contribution in [2.45, 2.75) is 33.1 Å². The molecule has 0 radical (unpaired) electrons. The molecule has 0 saturated heterocycles. The molecule has 0 bridgehead atoms. The summed E-state index contributed by atoms with van der Waals surface area (Å²) in [6, 6.07) is 0. The third kappa shape index (κ3) is 2.94. The highest BCUT2D eigenvalue weighted by atomic mass is 32.1. The van der Waals surface area contributed by atoms with E-state index < -0.39 is 0 Å². The fourth-order valence-corrected chi connectivity index (χ4v) is 2.77. The number of rotatable bonds is 3. The summed E-state index contributed by atoms with van der Waals surface area (Å²) in [5, 5.41) is 6.10. The lowest BCUT2D eigenvalue weighted by molar-refractivity contribution is -0.125. The highest BCUT2D eigenvalue weighted by molar-refractivity contribution is 7.09. The minimum Gasteiger partial charge on any atom is -0.356 e. The van der Waals surface area contributed by atoms with Gasteiger partial charge in [0.25, 0.3) is 0 Å². The lowest BCUT2D eigenvalue weighted by Gasteiger charge is -2.20. The van der Waals surface area contributed by atoms with Crippen LogP contribution in [-0.2, 0) is 4.79 Å². The van der Waals surface area contributed by atoms with Gasteiger partial charge in [-0.3, -0.25) is 4.79 Å². The number of nitrogens with zero attached hydrogens (tertiary/aromatic N) is 1. The quantitative estimate of drug-likeness (QED) is 0.896. The first-order chi connectivity index (χ1) is 8.20. The standard InChI is InChI=1S/C13H18N2OS/c1-3-14-13(16)11-6-4-10(5-7-11)12-8-17-9(2)15-12/h4,8,11H,3,5-7H2,1-2H3,(H,14,16). The van der Waals surface area contributed by atoms with Crippen LogP contribution < -0.4 is 5.32 Å². The Morgan fingerprint density at radius 1 is 1.65 bits per heavy atom. The molecule has 0 spiro atoms. The van der Waals surface area contributed by atoms with Crippen molar-refractivity contribution in [1.82, 2.24) is 10.3 Å². The number of hydrogen-bond donors (Lipinski definition) is 1. The SMILES string of the molecule is CCNC(=O)C1CC=C(c2csc(C)n2)CC1. The summed E-state index contributed by atoms with van der Waals surface area (Å²) in [5.74, 6) is 0.343. The van der Waals surface area contributed by atoms with Gasteiger partial charge in [0.05, 0.1) is 10.7 Å². The van der Waals surface area contributed by atoms with Crippen LogP contribution in [0.3, 0.4) is 0 Å². The number of allylic oxidation sites excluding steroid dienone is 2. The average Bonchev–Trinajstić information content (AvgIpc) is 2.76. The maximum atomic E-state index is 11.7. The predicted octanol–water partition coefficient (Wildman–Crippen LogP) is 2.77. The lowest BCUT2D eigenvalue weighted by Crippen LogP contribution is -2.31. The topological polar surface area (TPSA) is 42.0 Å². The molecule has 1 aromatic heterocycles. The fraction of sp³-hybridized carbons (Fsp3) is 0.538.